The second kappa shape index (κ2) is 73.6. The lowest BCUT2D eigenvalue weighted by atomic mass is 9.99. The average molecular weight is 1480 g/mol. The Kier molecular flexibility index (Phi) is 72.2. The molecule has 0 bridgehead atoms. The second-order valence-electron chi connectivity index (χ2n) is 30.2. The Hall–Kier alpha value is -1.94. The Morgan fingerprint density at radius 2 is 0.505 bits per heavy atom. The molecule has 3 N–H and O–H groups in total. The van der Waals surface area contributed by atoms with Gasteiger partial charge in [0.25, 0.3) is 0 Å². The van der Waals surface area contributed by atoms with E-state index in [1.807, 2.05) is 0 Å². The first kappa shape index (κ1) is 99.1. The summed E-state index contributed by atoms with van der Waals surface area (Å²) in [7, 11) is -9.92. The summed E-state index contributed by atoms with van der Waals surface area (Å²) in [6.45, 7) is 9.66. The molecule has 0 spiro atoms. The van der Waals surface area contributed by atoms with E-state index in [0.717, 1.165) is 102 Å². The predicted octanol–water partition coefficient (Wildman–Crippen LogP) is 24.7. The quantitative estimate of drug-likeness (QED) is 0.0222. The lowest BCUT2D eigenvalue weighted by molar-refractivity contribution is -0.161. The van der Waals surface area contributed by atoms with Crippen LogP contribution in [0, 0.1) is 11.8 Å². The highest BCUT2D eigenvalue weighted by atomic mass is 31.2. The van der Waals surface area contributed by atoms with Crippen molar-refractivity contribution in [3.8, 4) is 0 Å². The van der Waals surface area contributed by atoms with Crippen molar-refractivity contribution in [2.75, 3.05) is 39.6 Å². The van der Waals surface area contributed by atoms with Gasteiger partial charge in [0.2, 0.25) is 0 Å². The minimum Gasteiger partial charge on any atom is -0.462 e. The molecule has 0 rings (SSSR count). The van der Waals surface area contributed by atoms with Crippen molar-refractivity contribution in [1.29, 1.82) is 0 Å². The van der Waals surface area contributed by atoms with Crippen molar-refractivity contribution >= 4 is 39.5 Å². The summed E-state index contributed by atoms with van der Waals surface area (Å²) in [6.07, 6.45) is 63.8. The first-order valence-electron chi connectivity index (χ1n) is 42.5. The first-order chi connectivity index (χ1) is 48.9. The monoisotopic (exact) mass is 1480 g/mol. The fourth-order valence-corrected chi connectivity index (χ4v) is 14.3. The largest absolute Gasteiger partial charge is 0.472 e. The Morgan fingerprint density at radius 1 is 0.287 bits per heavy atom. The predicted molar refractivity (Wildman–Crippen MR) is 414 cm³/mol. The van der Waals surface area contributed by atoms with E-state index in [0.29, 0.717) is 25.7 Å². The van der Waals surface area contributed by atoms with Gasteiger partial charge in [-0.15, -0.1) is 0 Å². The summed E-state index contributed by atoms with van der Waals surface area (Å²) < 4.78 is 68.7. The topological polar surface area (TPSA) is 237 Å². The standard InChI is InChI=1S/C82H160O17P2/c1-7-10-12-14-16-18-20-21-22-23-24-25-26-29-33-37-41-48-54-60-66-81(86)98-77(70-93-80(85)65-59-53-47-40-36-32-30-27-28-31-35-38-44-50-56-62-74(4)5)72-96-100(88,89)94-68-76(83)69-95-101(90,91)97-73-78(71-92-79(84)64-58-52-46-39-34-19-17-15-13-11-8-2)99-82(87)67-61-55-49-43-42-45-51-57-63-75(6)9-3/h74-78,83H,7-73H2,1-6H3,(H,88,89)(H,90,91)/t75?,76-,77-,78-/m1/s1. The van der Waals surface area contributed by atoms with Crippen LogP contribution in [0.1, 0.15) is 433 Å². The van der Waals surface area contributed by atoms with Crippen LogP contribution in [0.3, 0.4) is 0 Å². The second-order valence-corrected chi connectivity index (χ2v) is 33.1. The van der Waals surface area contributed by atoms with Gasteiger partial charge in [0.1, 0.15) is 19.3 Å². The number of hydrogen-bond donors (Lipinski definition) is 3. The number of phosphoric ester groups is 2. The third-order valence-electron chi connectivity index (χ3n) is 19.6. The summed E-state index contributed by atoms with van der Waals surface area (Å²) in [5.74, 6) is -0.532. The lowest BCUT2D eigenvalue weighted by Gasteiger charge is -2.21. The minimum absolute atomic E-state index is 0.106. The third-order valence-corrected chi connectivity index (χ3v) is 21.5. The van der Waals surface area contributed by atoms with Gasteiger partial charge in [0.15, 0.2) is 12.2 Å². The molecule has 0 amide bonds. The molecule has 0 heterocycles. The first-order valence-corrected chi connectivity index (χ1v) is 45.5. The highest BCUT2D eigenvalue weighted by Crippen LogP contribution is 2.45. The van der Waals surface area contributed by atoms with E-state index in [1.54, 1.807) is 0 Å². The molecule has 0 aliphatic carbocycles. The smallest absolute Gasteiger partial charge is 0.462 e. The Morgan fingerprint density at radius 3 is 0.752 bits per heavy atom. The molecule has 101 heavy (non-hydrogen) atoms. The summed E-state index contributed by atoms with van der Waals surface area (Å²) in [5, 5.41) is 10.6. The molecule has 0 aliphatic rings. The molecule has 19 heteroatoms. The van der Waals surface area contributed by atoms with E-state index in [9.17, 15) is 43.2 Å². The van der Waals surface area contributed by atoms with Crippen molar-refractivity contribution < 1.29 is 80.2 Å². The number of esters is 4. The molecular weight excluding hydrogens is 1320 g/mol. The van der Waals surface area contributed by atoms with Crippen LogP contribution in [0.4, 0.5) is 0 Å². The number of ether oxygens (including phenoxy) is 4. The molecule has 0 aromatic rings. The van der Waals surface area contributed by atoms with Crippen LogP contribution in [0.25, 0.3) is 0 Å². The van der Waals surface area contributed by atoms with Crippen LogP contribution in [-0.4, -0.2) is 96.7 Å². The number of unbranched alkanes of at least 4 members (excludes halogenated alkanes) is 50. The van der Waals surface area contributed by atoms with Crippen LogP contribution < -0.4 is 0 Å². The van der Waals surface area contributed by atoms with Crippen molar-refractivity contribution in [3.63, 3.8) is 0 Å². The number of carbonyl (C=O) groups is 4. The molecule has 0 saturated carbocycles. The third kappa shape index (κ3) is 74.7. The van der Waals surface area contributed by atoms with Gasteiger partial charge in [-0.1, -0.05) is 382 Å². The zero-order chi connectivity index (χ0) is 74.2. The number of carbonyl (C=O) groups excluding carboxylic acids is 4. The van der Waals surface area contributed by atoms with Crippen molar-refractivity contribution in [3.05, 3.63) is 0 Å². The summed E-state index contributed by atoms with van der Waals surface area (Å²) in [6, 6.07) is 0. The van der Waals surface area contributed by atoms with E-state index in [4.69, 9.17) is 37.0 Å². The summed E-state index contributed by atoms with van der Waals surface area (Å²) in [4.78, 5) is 73.0. The maximum absolute atomic E-state index is 13.1. The average Bonchev–Trinajstić information content (AvgIpc) is 0.934. The van der Waals surface area contributed by atoms with Crippen LogP contribution in [-0.2, 0) is 65.4 Å². The molecule has 0 saturated heterocycles. The lowest BCUT2D eigenvalue weighted by Crippen LogP contribution is -2.30. The van der Waals surface area contributed by atoms with Crippen molar-refractivity contribution in [2.24, 2.45) is 11.8 Å². The molecule has 0 radical (unpaired) electrons. The molecule has 3 unspecified atom stereocenters. The fraction of sp³-hybridized carbons (Fsp3) is 0.951. The zero-order valence-corrected chi connectivity index (χ0v) is 68.0. The Labute approximate surface area is 619 Å². The van der Waals surface area contributed by atoms with Gasteiger partial charge in [-0.3, -0.25) is 37.3 Å². The van der Waals surface area contributed by atoms with Crippen LogP contribution in [0.2, 0.25) is 0 Å². The zero-order valence-electron chi connectivity index (χ0n) is 66.2. The van der Waals surface area contributed by atoms with Crippen LogP contribution in [0.15, 0.2) is 0 Å². The molecule has 0 aliphatic heterocycles. The summed E-state index contributed by atoms with van der Waals surface area (Å²) in [5.41, 5.74) is 0. The van der Waals surface area contributed by atoms with Crippen molar-refractivity contribution in [1.82, 2.24) is 0 Å². The van der Waals surface area contributed by atoms with Crippen LogP contribution >= 0.6 is 15.6 Å². The van der Waals surface area contributed by atoms with Gasteiger partial charge in [0, 0.05) is 25.7 Å². The molecule has 0 fully saturated rings. The normalized spacial score (nSPS) is 14.2. The molecule has 6 atom stereocenters. The fourth-order valence-electron chi connectivity index (χ4n) is 12.7. The Balaban J connectivity index is 5.23. The van der Waals surface area contributed by atoms with E-state index < -0.39 is 97.5 Å². The number of rotatable bonds is 81. The highest BCUT2D eigenvalue weighted by molar-refractivity contribution is 7.47. The molecular formula is C82H160O17P2. The minimum atomic E-state index is -4.96. The molecule has 0 aromatic carbocycles. The molecule has 0 aromatic heterocycles. The number of phosphoric acid groups is 2. The molecule has 600 valence electrons. The number of aliphatic hydroxyl groups excluding tert-OH is 1. The van der Waals surface area contributed by atoms with Crippen LogP contribution in [0.5, 0.6) is 0 Å². The number of hydrogen-bond acceptors (Lipinski definition) is 15. The maximum Gasteiger partial charge on any atom is 0.472 e. The van der Waals surface area contributed by atoms with Gasteiger partial charge >= 0.3 is 39.5 Å². The van der Waals surface area contributed by atoms with E-state index in [2.05, 4.69) is 41.5 Å². The van der Waals surface area contributed by atoms with Gasteiger partial charge in [-0.05, 0) is 37.5 Å². The SMILES string of the molecule is CCCCCCCCCCCCCCCCCCCCCCC(=O)O[C@H](COC(=O)CCCCCCCCCCCCCCCCCC(C)C)COP(=O)(O)OC[C@@H](O)COP(=O)(O)OC[C@@H](COC(=O)CCCCCCCCCCCCC)OC(=O)CCCCCCCCCCC(C)CC. The summed E-state index contributed by atoms with van der Waals surface area (Å²) >= 11 is 0. The molecule has 17 nitrogen and oxygen atoms in total. The maximum atomic E-state index is 13.1. The number of aliphatic hydroxyl groups is 1. The van der Waals surface area contributed by atoms with E-state index in [1.165, 1.54) is 250 Å². The van der Waals surface area contributed by atoms with Gasteiger partial charge in [0.05, 0.1) is 26.4 Å². The van der Waals surface area contributed by atoms with Crippen molar-refractivity contribution in [2.45, 2.75) is 452 Å². The van der Waals surface area contributed by atoms with E-state index in [-0.39, 0.29) is 25.7 Å². The van der Waals surface area contributed by atoms with Gasteiger partial charge in [-0.2, -0.15) is 0 Å². The van der Waals surface area contributed by atoms with E-state index >= 15 is 0 Å². The van der Waals surface area contributed by atoms with Gasteiger partial charge < -0.3 is 33.8 Å². The highest BCUT2D eigenvalue weighted by Gasteiger charge is 2.30. The van der Waals surface area contributed by atoms with Gasteiger partial charge in [-0.25, -0.2) is 9.13 Å². The Bertz CT molecular complexity index is 1940.